The number of nitrogens with one attached hydrogen (secondary N) is 1. The van der Waals surface area contributed by atoms with E-state index in [1.54, 1.807) is 12.1 Å². The van der Waals surface area contributed by atoms with Crippen LogP contribution in [0.15, 0.2) is 59.7 Å². The van der Waals surface area contributed by atoms with Crippen LogP contribution in [-0.4, -0.2) is 24.3 Å². The molecule has 3 rings (SSSR count). The maximum absolute atomic E-state index is 12.1. The smallest absolute Gasteiger partial charge is 0.263 e. The Labute approximate surface area is 165 Å². The third kappa shape index (κ3) is 4.57. The molecule has 2 amide bonds. The van der Waals surface area contributed by atoms with E-state index in [9.17, 15) is 9.59 Å². The molecule has 0 saturated heterocycles. The van der Waals surface area contributed by atoms with E-state index < -0.39 is 0 Å². The molecule has 6 nitrogen and oxygen atoms in total. The van der Waals surface area contributed by atoms with E-state index in [2.05, 4.69) is 31.2 Å². The SMILES string of the molecule is CCC(C)(C)c1ccc(OCC(=O)NC2=NN(c3ccccc3)C(=O)C2)cc1. The third-order valence-electron chi connectivity index (χ3n) is 4.95. The molecule has 6 heteroatoms. The molecule has 0 unspecified atom stereocenters. The summed E-state index contributed by atoms with van der Waals surface area (Å²) in [6.07, 6.45) is 1.10. The topological polar surface area (TPSA) is 71.0 Å². The quantitative estimate of drug-likeness (QED) is 0.833. The standard InChI is InChI=1S/C22H25N3O3/c1-4-22(2,3)16-10-12-18(13-11-16)28-15-20(26)23-19-14-21(27)25(24-19)17-8-6-5-7-9-17/h5-13H,4,14-15H2,1-3H3,(H,23,24,26). The number of carbonyl (C=O) groups excluding carboxylic acids is 2. The number of hydrogen-bond acceptors (Lipinski definition) is 4. The van der Waals surface area contributed by atoms with Crippen LogP contribution >= 0.6 is 0 Å². The van der Waals surface area contributed by atoms with Crippen LogP contribution in [0.3, 0.4) is 0 Å². The van der Waals surface area contributed by atoms with Gasteiger partial charge in [0.05, 0.1) is 12.1 Å². The van der Waals surface area contributed by atoms with Gasteiger partial charge < -0.3 is 10.1 Å². The van der Waals surface area contributed by atoms with E-state index in [0.717, 1.165) is 6.42 Å². The highest BCUT2D eigenvalue weighted by atomic mass is 16.5. The second-order valence-electron chi connectivity index (χ2n) is 7.36. The first-order valence-electron chi connectivity index (χ1n) is 9.38. The van der Waals surface area contributed by atoms with E-state index in [-0.39, 0.29) is 30.3 Å². The van der Waals surface area contributed by atoms with Gasteiger partial charge in [-0.25, -0.2) is 0 Å². The first kappa shape index (κ1) is 19.6. The fourth-order valence-corrected chi connectivity index (χ4v) is 2.82. The zero-order valence-corrected chi connectivity index (χ0v) is 16.4. The van der Waals surface area contributed by atoms with E-state index in [0.29, 0.717) is 17.3 Å². The zero-order valence-electron chi connectivity index (χ0n) is 16.4. The van der Waals surface area contributed by atoms with Crippen LogP contribution in [0, 0.1) is 0 Å². The molecule has 0 atom stereocenters. The molecule has 1 heterocycles. The van der Waals surface area contributed by atoms with Gasteiger partial charge in [0.1, 0.15) is 11.6 Å². The molecule has 2 aromatic carbocycles. The number of hydrazone groups is 1. The molecule has 0 aliphatic carbocycles. The Balaban J connectivity index is 1.54. The average molecular weight is 379 g/mol. The van der Waals surface area contributed by atoms with Gasteiger partial charge in [0.15, 0.2) is 6.61 Å². The van der Waals surface area contributed by atoms with Crippen LogP contribution in [0.25, 0.3) is 0 Å². The number of hydrogen-bond donors (Lipinski definition) is 1. The fraction of sp³-hybridized carbons (Fsp3) is 0.318. The number of amidine groups is 1. The van der Waals surface area contributed by atoms with Gasteiger partial charge in [-0.15, -0.1) is 0 Å². The molecule has 1 aliphatic heterocycles. The lowest BCUT2D eigenvalue weighted by Gasteiger charge is -2.23. The summed E-state index contributed by atoms with van der Waals surface area (Å²) in [5.74, 6) is 0.416. The van der Waals surface area contributed by atoms with Crippen molar-refractivity contribution < 1.29 is 14.3 Å². The van der Waals surface area contributed by atoms with Crippen LogP contribution < -0.4 is 15.1 Å². The first-order valence-corrected chi connectivity index (χ1v) is 9.38. The lowest BCUT2D eigenvalue weighted by atomic mass is 9.82. The monoisotopic (exact) mass is 379 g/mol. The molecule has 146 valence electrons. The van der Waals surface area contributed by atoms with Crippen molar-refractivity contribution in [1.82, 2.24) is 5.32 Å². The van der Waals surface area contributed by atoms with Crippen molar-refractivity contribution in [3.63, 3.8) is 0 Å². The number of para-hydroxylation sites is 1. The highest BCUT2D eigenvalue weighted by Gasteiger charge is 2.26. The summed E-state index contributed by atoms with van der Waals surface area (Å²) in [6.45, 7) is 6.40. The highest BCUT2D eigenvalue weighted by Crippen LogP contribution is 2.28. The lowest BCUT2D eigenvalue weighted by Crippen LogP contribution is -2.33. The van der Waals surface area contributed by atoms with Crippen molar-refractivity contribution in [3.8, 4) is 5.75 Å². The third-order valence-corrected chi connectivity index (χ3v) is 4.95. The Morgan fingerprint density at radius 3 is 2.46 bits per heavy atom. The number of ether oxygens (including phenoxy) is 1. The van der Waals surface area contributed by atoms with Gasteiger partial charge in [0.25, 0.3) is 11.8 Å². The molecule has 1 aliphatic rings. The minimum absolute atomic E-state index is 0.0570. The molecule has 0 bridgehead atoms. The average Bonchev–Trinajstić information content (AvgIpc) is 3.07. The van der Waals surface area contributed by atoms with Gasteiger partial charge in [-0.1, -0.05) is 51.1 Å². The number of anilines is 1. The van der Waals surface area contributed by atoms with E-state index in [1.807, 2.05) is 42.5 Å². The van der Waals surface area contributed by atoms with E-state index in [4.69, 9.17) is 4.74 Å². The minimum atomic E-state index is -0.348. The summed E-state index contributed by atoms with van der Waals surface area (Å²) < 4.78 is 5.55. The Morgan fingerprint density at radius 1 is 1.14 bits per heavy atom. The Bertz CT molecular complexity index is 874. The van der Waals surface area contributed by atoms with Crippen LogP contribution in [-0.2, 0) is 15.0 Å². The number of amides is 2. The predicted molar refractivity (Wildman–Crippen MR) is 109 cm³/mol. The predicted octanol–water partition coefficient (Wildman–Crippen LogP) is 3.62. The summed E-state index contributed by atoms with van der Waals surface area (Å²) in [7, 11) is 0. The minimum Gasteiger partial charge on any atom is -0.484 e. The molecule has 2 aromatic rings. The fourth-order valence-electron chi connectivity index (χ4n) is 2.82. The Hall–Kier alpha value is -3.15. The van der Waals surface area contributed by atoms with E-state index in [1.165, 1.54) is 10.6 Å². The van der Waals surface area contributed by atoms with Gasteiger partial charge in [-0.05, 0) is 41.7 Å². The molecule has 28 heavy (non-hydrogen) atoms. The number of rotatable bonds is 6. The lowest BCUT2D eigenvalue weighted by molar-refractivity contribution is -0.121. The van der Waals surface area contributed by atoms with Crippen LogP contribution in [0.2, 0.25) is 0 Å². The number of benzene rings is 2. The summed E-state index contributed by atoms with van der Waals surface area (Å²) in [5.41, 5.74) is 2.00. The summed E-state index contributed by atoms with van der Waals surface area (Å²) in [6, 6.07) is 16.9. The molecule has 0 spiro atoms. The van der Waals surface area contributed by atoms with Gasteiger partial charge in [0.2, 0.25) is 0 Å². The second-order valence-corrected chi connectivity index (χ2v) is 7.36. The molecule has 0 fully saturated rings. The summed E-state index contributed by atoms with van der Waals surface area (Å²) in [4.78, 5) is 24.3. The van der Waals surface area contributed by atoms with E-state index >= 15 is 0 Å². The van der Waals surface area contributed by atoms with Crippen LogP contribution in [0.1, 0.15) is 39.2 Å². The molecular weight excluding hydrogens is 354 g/mol. The van der Waals surface area contributed by atoms with Crippen molar-refractivity contribution in [1.29, 1.82) is 0 Å². The summed E-state index contributed by atoms with van der Waals surface area (Å²) in [5, 5.41) is 8.14. The molecule has 1 N–H and O–H groups in total. The largest absolute Gasteiger partial charge is 0.484 e. The van der Waals surface area contributed by atoms with Crippen molar-refractivity contribution in [3.05, 3.63) is 60.2 Å². The molecule has 0 aromatic heterocycles. The molecule has 0 radical (unpaired) electrons. The number of nitrogens with zero attached hydrogens (tertiary/aromatic N) is 2. The van der Waals surface area contributed by atoms with Crippen molar-refractivity contribution >= 4 is 23.3 Å². The Kier molecular flexibility index (Phi) is 5.78. The van der Waals surface area contributed by atoms with Gasteiger partial charge in [-0.3, -0.25) is 9.59 Å². The second kappa shape index (κ2) is 8.25. The zero-order chi connectivity index (χ0) is 20.1. The highest BCUT2D eigenvalue weighted by molar-refractivity contribution is 6.15. The number of carbonyl (C=O) groups is 2. The van der Waals surface area contributed by atoms with Crippen LogP contribution in [0.5, 0.6) is 5.75 Å². The van der Waals surface area contributed by atoms with Crippen LogP contribution in [0.4, 0.5) is 5.69 Å². The van der Waals surface area contributed by atoms with Crippen molar-refractivity contribution in [2.45, 2.75) is 39.0 Å². The normalized spacial score (nSPS) is 14.0. The van der Waals surface area contributed by atoms with Gasteiger partial charge in [0, 0.05) is 0 Å². The molecule has 0 saturated carbocycles. The van der Waals surface area contributed by atoms with Crippen molar-refractivity contribution in [2.75, 3.05) is 11.6 Å². The first-order chi connectivity index (χ1) is 13.4. The van der Waals surface area contributed by atoms with Crippen molar-refractivity contribution in [2.24, 2.45) is 5.10 Å². The maximum atomic E-state index is 12.1. The summed E-state index contributed by atoms with van der Waals surface area (Å²) >= 11 is 0. The Morgan fingerprint density at radius 2 is 1.82 bits per heavy atom. The maximum Gasteiger partial charge on any atom is 0.263 e. The van der Waals surface area contributed by atoms with Gasteiger partial charge in [-0.2, -0.15) is 10.1 Å². The molecular formula is C22H25N3O3. The van der Waals surface area contributed by atoms with Gasteiger partial charge >= 0.3 is 0 Å².